The number of nitrogens with one attached hydrogen (secondary N) is 1. The minimum Gasteiger partial charge on any atom is -0.361 e. The van der Waals surface area contributed by atoms with Crippen LogP contribution in [0.4, 0.5) is 0 Å². The third-order valence-corrected chi connectivity index (χ3v) is 3.73. The molecular formula is C14H22N4O3. The first-order chi connectivity index (χ1) is 9.99. The molecule has 1 aromatic heterocycles. The van der Waals surface area contributed by atoms with Crippen molar-refractivity contribution in [2.75, 3.05) is 33.2 Å². The molecule has 1 N–H and O–H groups in total. The fraction of sp³-hybridized carbons (Fsp3) is 0.643. The number of aromatic nitrogens is 1. The molecule has 2 amide bonds. The lowest BCUT2D eigenvalue weighted by atomic mass is 10.1. The van der Waals surface area contributed by atoms with Gasteiger partial charge in [-0.05, 0) is 6.92 Å². The van der Waals surface area contributed by atoms with E-state index in [1.165, 1.54) is 6.92 Å². The summed E-state index contributed by atoms with van der Waals surface area (Å²) in [5, 5.41) is 6.66. The van der Waals surface area contributed by atoms with Crippen molar-refractivity contribution in [1.82, 2.24) is 20.3 Å². The Hall–Kier alpha value is -1.89. The Balaban J connectivity index is 2.08. The number of hydrogen-bond acceptors (Lipinski definition) is 5. The molecular weight excluding hydrogens is 272 g/mol. The van der Waals surface area contributed by atoms with E-state index in [1.807, 2.05) is 13.0 Å². The maximum absolute atomic E-state index is 12.0. The summed E-state index contributed by atoms with van der Waals surface area (Å²) in [6.07, 6.45) is 0. The van der Waals surface area contributed by atoms with E-state index < -0.39 is 0 Å². The number of carbonyl (C=O) groups excluding carboxylic acids is 2. The van der Waals surface area contributed by atoms with Crippen molar-refractivity contribution in [3.05, 3.63) is 17.5 Å². The van der Waals surface area contributed by atoms with E-state index >= 15 is 0 Å². The summed E-state index contributed by atoms with van der Waals surface area (Å²) in [6.45, 7) is 6.43. The van der Waals surface area contributed by atoms with E-state index in [-0.39, 0.29) is 17.7 Å². The van der Waals surface area contributed by atoms with Crippen LogP contribution in [0.3, 0.4) is 0 Å². The molecule has 0 aromatic carbocycles. The zero-order valence-electron chi connectivity index (χ0n) is 12.8. The van der Waals surface area contributed by atoms with Crippen LogP contribution in [0.25, 0.3) is 0 Å². The summed E-state index contributed by atoms with van der Waals surface area (Å²) < 4.78 is 5.07. The average molecular weight is 294 g/mol. The molecule has 1 aliphatic rings. The second-order valence-corrected chi connectivity index (χ2v) is 5.44. The molecule has 0 aliphatic carbocycles. The van der Waals surface area contributed by atoms with E-state index in [4.69, 9.17) is 4.52 Å². The standard InChI is InChI=1S/C14H22N4O3/c1-10-6-13(16-21-10)9-17-4-5-18(11(2)19)8-12(7-17)14(20)15-3/h6,12H,4-5,7-9H2,1-3H3,(H,15,20)/t12-/m0/s1. The lowest BCUT2D eigenvalue weighted by Gasteiger charge is -2.22. The fourth-order valence-electron chi connectivity index (χ4n) is 2.60. The van der Waals surface area contributed by atoms with Gasteiger partial charge in [0.05, 0.1) is 11.6 Å². The van der Waals surface area contributed by atoms with E-state index in [9.17, 15) is 9.59 Å². The van der Waals surface area contributed by atoms with Crippen LogP contribution in [-0.2, 0) is 16.1 Å². The van der Waals surface area contributed by atoms with Gasteiger partial charge in [0.25, 0.3) is 0 Å². The zero-order valence-corrected chi connectivity index (χ0v) is 12.8. The second kappa shape index (κ2) is 6.71. The van der Waals surface area contributed by atoms with Crippen molar-refractivity contribution in [2.45, 2.75) is 20.4 Å². The van der Waals surface area contributed by atoms with Crippen LogP contribution in [0.15, 0.2) is 10.6 Å². The van der Waals surface area contributed by atoms with Gasteiger partial charge < -0.3 is 14.7 Å². The molecule has 1 aliphatic heterocycles. The highest BCUT2D eigenvalue weighted by molar-refractivity contribution is 5.80. The Morgan fingerprint density at radius 1 is 1.43 bits per heavy atom. The summed E-state index contributed by atoms with van der Waals surface area (Å²) in [7, 11) is 1.62. The van der Waals surface area contributed by atoms with Crippen molar-refractivity contribution in [1.29, 1.82) is 0 Å². The molecule has 0 spiro atoms. The van der Waals surface area contributed by atoms with Crippen LogP contribution >= 0.6 is 0 Å². The second-order valence-electron chi connectivity index (χ2n) is 5.44. The van der Waals surface area contributed by atoms with Gasteiger partial charge in [-0.15, -0.1) is 0 Å². The maximum Gasteiger partial charge on any atom is 0.225 e. The monoisotopic (exact) mass is 294 g/mol. The summed E-state index contributed by atoms with van der Waals surface area (Å²) in [6, 6.07) is 1.89. The molecule has 116 valence electrons. The number of amides is 2. The predicted octanol–water partition coefficient (Wildman–Crippen LogP) is 0.00932. The SMILES string of the molecule is CNC(=O)[C@H]1CN(Cc2cc(C)on2)CCN(C(C)=O)C1. The Bertz CT molecular complexity index is 514. The Labute approximate surface area is 124 Å². The Morgan fingerprint density at radius 2 is 2.19 bits per heavy atom. The summed E-state index contributed by atoms with van der Waals surface area (Å²) in [4.78, 5) is 27.5. The number of rotatable bonds is 3. The number of hydrogen-bond donors (Lipinski definition) is 1. The molecule has 7 heteroatoms. The van der Waals surface area contributed by atoms with E-state index in [1.54, 1.807) is 11.9 Å². The molecule has 0 radical (unpaired) electrons. The molecule has 0 saturated carbocycles. The average Bonchev–Trinajstić information content (AvgIpc) is 2.73. The quantitative estimate of drug-likeness (QED) is 0.849. The molecule has 2 heterocycles. The van der Waals surface area contributed by atoms with E-state index in [0.29, 0.717) is 26.2 Å². The smallest absolute Gasteiger partial charge is 0.225 e. The first-order valence-electron chi connectivity index (χ1n) is 7.11. The first-order valence-corrected chi connectivity index (χ1v) is 7.11. The molecule has 0 unspecified atom stereocenters. The Morgan fingerprint density at radius 3 is 2.76 bits per heavy atom. The highest BCUT2D eigenvalue weighted by Crippen LogP contribution is 2.14. The van der Waals surface area contributed by atoms with Gasteiger partial charge in [0.1, 0.15) is 5.76 Å². The molecule has 1 atom stereocenters. The molecule has 2 rings (SSSR count). The first kappa shape index (κ1) is 15.5. The third-order valence-electron chi connectivity index (χ3n) is 3.73. The van der Waals surface area contributed by atoms with E-state index in [2.05, 4.69) is 15.4 Å². The summed E-state index contributed by atoms with van der Waals surface area (Å²) in [5.41, 5.74) is 0.847. The van der Waals surface area contributed by atoms with Crippen LogP contribution < -0.4 is 5.32 Å². The fourth-order valence-corrected chi connectivity index (χ4v) is 2.60. The van der Waals surface area contributed by atoms with Gasteiger partial charge in [-0.1, -0.05) is 5.16 Å². The molecule has 7 nitrogen and oxygen atoms in total. The lowest BCUT2D eigenvalue weighted by molar-refractivity contribution is -0.130. The van der Waals surface area contributed by atoms with Crippen LogP contribution in [0.2, 0.25) is 0 Å². The van der Waals surface area contributed by atoms with Crippen LogP contribution in [-0.4, -0.2) is 60.0 Å². The molecule has 1 aromatic rings. The van der Waals surface area contributed by atoms with Crippen molar-refractivity contribution in [3.63, 3.8) is 0 Å². The van der Waals surface area contributed by atoms with Crippen LogP contribution in [0.5, 0.6) is 0 Å². The van der Waals surface area contributed by atoms with Gasteiger partial charge >= 0.3 is 0 Å². The van der Waals surface area contributed by atoms with Gasteiger partial charge in [-0.2, -0.15) is 0 Å². The van der Waals surface area contributed by atoms with Crippen molar-refractivity contribution < 1.29 is 14.1 Å². The van der Waals surface area contributed by atoms with Gasteiger partial charge in [0.15, 0.2) is 0 Å². The topological polar surface area (TPSA) is 78.7 Å². The zero-order chi connectivity index (χ0) is 15.4. The van der Waals surface area contributed by atoms with Gasteiger partial charge in [0, 0.05) is 52.8 Å². The minimum absolute atomic E-state index is 0.00281. The summed E-state index contributed by atoms with van der Waals surface area (Å²) >= 11 is 0. The molecule has 1 saturated heterocycles. The van der Waals surface area contributed by atoms with Crippen LogP contribution in [0.1, 0.15) is 18.4 Å². The van der Waals surface area contributed by atoms with Crippen LogP contribution in [0, 0.1) is 12.8 Å². The largest absolute Gasteiger partial charge is 0.361 e. The predicted molar refractivity (Wildman–Crippen MR) is 76.3 cm³/mol. The van der Waals surface area contributed by atoms with Gasteiger partial charge in [-0.25, -0.2) is 0 Å². The van der Waals surface area contributed by atoms with Crippen molar-refractivity contribution in [3.8, 4) is 0 Å². The number of aryl methyl sites for hydroxylation is 1. The molecule has 1 fully saturated rings. The maximum atomic E-state index is 12.0. The molecule has 21 heavy (non-hydrogen) atoms. The number of carbonyl (C=O) groups is 2. The van der Waals surface area contributed by atoms with Crippen molar-refractivity contribution >= 4 is 11.8 Å². The third kappa shape index (κ3) is 4.04. The summed E-state index contributed by atoms with van der Waals surface area (Å²) in [5.74, 6) is 0.509. The Kier molecular flexibility index (Phi) is 4.95. The molecule has 0 bridgehead atoms. The highest BCUT2D eigenvalue weighted by Gasteiger charge is 2.28. The van der Waals surface area contributed by atoms with Gasteiger partial charge in [-0.3, -0.25) is 14.5 Å². The van der Waals surface area contributed by atoms with Crippen molar-refractivity contribution in [2.24, 2.45) is 5.92 Å². The number of nitrogens with zero attached hydrogens (tertiary/aromatic N) is 3. The minimum atomic E-state index is -0.227. The highest BCUT2D eigenvalue weighted by atomic mass is 16.5. The van der Waals surface area contributed by atoms with Gasteiger partial charge in [0.2, 0.25) is 11.8 Å². The lowest BCUT2D eigenvalue weighted by Crippen LogP contribution is -2.40. The normalized spacial score (nSPS) is 20.1. The van der Waals surface area contributed by atoms with E-state index in [0.717, 1.165) is 18.0 Å².